The van der Waals surface area contributed by atoms with Crippen LogP contribution in [0.1, 0.15) is 59.3 Å². The summed E-state index contributed by atoms with van der Waals surface area (Å²) in [4.78, 5) is 10.5. The van der Waals surface area contributed by atoms with Crippen molar-refractivity contribution >= 4 is 11.6 Å². The summed E-state index contributed by atoms with van der Waals surface area (Å²) >= 11 is 6.48. The van der Waals surface area contributed by atoms with E-state index in [1.54, 1.807) is 0 Å². The van der Waals surface area contributed by atoms with Gasteiger partial charge in [-0.1, -0.05) is 28.5 Å². The molecule has 0 aromatic rings. The van der Waals surface area contributed by atoms with Crippen LogP contribution in [0.4, 0.5) is 0 Å². The van der Waals surface area contributed by atoms with Crippen molar-refractivity contribution in [3.05, 3.63) is 28.2 Å². The van der Waals surface area contributed by atoms with Crippen LogP contribution in [-0.2, 0) is 0 Å². The minimum absolute atomic E-state index is 0.295. The van der Waals surface area contributed by atoms with Gasteiger partial charge in [0.15, 0.2) is 0 Å². The van der Waals surface area contributed by atoms with Crippen LogP contribution < -0.4 is 0 Å². The molecule has 0 N–H and O–H groups in total. The van der Waals surface area contributed by atoms with Crippen LogP contribution in [0.5, 0.6) is 0 Å². The van der Waals surface area contributed by atoms with Crippen LogP contribution in [0.15, 0.2) is 28.5 Å². The van der Waals surface area contributed by atoms with Crippen LogP contribution in [-0.4, -0.2) is 10.9 Å². The normalized spacial score (nSPS) is 37.4. The predicted molar refractivity (Wildman–Crippen MR) is 79.1 cm³/mol. The monoisotopic (exact) mass is 269 g/mol. The van der Waals surface area contributed by atoms with Gasteiger partial charge in [0.2, 0.25) is 0 Å². The van der Waals surface area contributed by atoms with Crippen LogP contribution in [0.3, 0.4) is 0 Å². The molecule has 0 spiro atoms. The first-order valence-electron chi connectivity index (χ1n) is 6.78. The minimum atomic E-state index is -0.514. The molecule has 0 radical (unpaired) electrons. The Morgan fingerprint density at radius 1 is 1.22 bits per heavy atom. The summed E-state index contributed by atoms with van der Waals surface area (Å²) in [6.45, 7) is 6.26. The third-order valence-corrected chi connectivity index (χ3v) is 4.24. The van der Waals surface area contributed by atoms with Crippen LogP contribution in [0.2, 0.25) is 0 Å². The number of allylic oxidation sites excluding steroid dienone is 4. The standard InChI is InChI=1S/C15H24ClNO/c1-12-6-4-8-14(17-18)15(3,16)11-5-7-13(2)10-9-12/h6-7,14H,4-5,8-11H2,1-3H3/b12-6-,13-7-. The van der Waals surface area contributed by atoms with Gasteiger partial charge in [-0.05, 0) is 59.3 Å². The van der Waals surface area contributed by atoms with Gasteiger partial charge in [-0.3, -0.25) is 0 Å². The van der Waals surface area contributed by atoms with Gasteiger partial charge >= 0.3 is 0 Å². The maximum absolute atomic E-state index is 11.0. The number of nitroso groups, excluding NO2 is 1. The third-order valence-electron chi connectivity index (χ3n) is 3.79. The van der Waals surface area contributed by atoms with Crippen molar-refractivity contribution in [3.8, 4) is 0 Å². The van der Waals surface area contributed by atoms with Crippen LogP contribution in [0.25, 0.3) is 0 Å². The van der Waals surface area contributed by atoms with Gasteiger partial charge in [-0.25, -0.2) is 0 Å². The summed E-state index contributed by atoms with van der Waals surface area (Å²) in [6.07, 6.45) is 10.1. The van der Waals surface area contributed by atoms with Crippen LogP contribution in [0, 0.1) is 4.91 Å². The lowest BCUT2D eigenvalue weighted by Crippen LogP contribution is -2.31. The predicted octanol–water partition coefficient (Wildman–Crippen LogP) is 5.37. The van der Waals surface area contributed by atoms with Gasteiger partial charge in [0.25, 0.3) is 0 Å². The summed E-state index contributed by atoms with van der Waals surface area (Å²) in [5.74, 6) is 0. The fraction of sp³-hybridized carbons (Fsp3) is 0.733. The lowest BCUT2D eigenvalue weighted by molar-refractivity contribution is 0.442. The van der Waals surface area contributed by atoms with Crippen molar-refractivity contribution in [2.75, 3.05) is 0 Å². The molecule has 0 saturated heterocycles. The molecular formula is C15H24ClNO. The summed E-state index contributed by atoms with van der Waals surface area (Å²) in [7, 11) is 0. The van der Waals surface area contributed by atoms with Gasteiger partial charge in [-0.15, -0.1) is 11.6 Å². The molecule has 1 aliphatic carbocycles. The average molecular weight is 270 g/mol. The first-order chi connectivity index (χ1) is 8.45. The summed E-state index contributed by atoms with van der Waals surface area (Å²) in [5, 5.41) is 3.24. The zero-order valence-corrected chi connectivity index (χ0v) is 12.5. The van der Waals surface area contributed by atoms with Crippen molar-refractivity contribution in [1.82, 2.24) is 0 Å². The summed E-state index contributed by atoms with van der Waals surface area (Å²) in [6, 6.07) is -0.295. The molecule has 0 heterocycles. The Morgan fingerprint density at radius 3 is 2.33 bits per heavy atom. The maximum Gasteiger partial charge on any atom is 0.111 e. The molecule has 3 heteroatoms. The number of rotatable bonds is 1. The Labute approximate surface area is 115 Å². The maximum atomic E-state index is 11.0. The van der Waals surface area contributed by atoms with Crippen molar-refractivity contribution in [1.29, 1.82) is 0 Å². The number of hydrogen-bond acceptors (Lipinski definition) is 2. The molecule has 0 bridgehead atoms. The molecule has 2 atom stereocenters. The molecule has 2 nitrogen and oxygen atoms in total. The molecule has 0 aromatic carbocycles. The zero-order chi connectivity index (χ0) is 13.6. The first kappa shape index (κ1) is 15.4. The van der Waals surface area contributed by atoms with Gasteiger partial charge in [0.05, 0.1) is 4.87 Å². The lowest BCUT2D eigenvalue weighted by Gasteiger charge is -2.26. The van der Waals surface area contributed by atoms with E-state index in [4.69, 9.17) is 11.6 Å². The summed E-state index contributed by atoms with van der Waals surface area (Å²) in [5.41, 5.74) is 2.80. The van der Waals surface area contributed by atoms with E-state index in [0.29, 0.717) is 0 Å². The highest BCUT2D eigenvalue weighted by Crippen LogP contribution is 2.31. The molecule has 0 fully saturated rings. The zero-order valence-electron chi connectivity index (χ0n) is 11.7. The van der Waals surface area contributed by atoms with Crippen molar-refractivity contribution < 1.29 is 0 Å². The van der Waals surface area contributed by atoms with E-state index in [0.717, 1.165) is 38.5 Å². The second-order valence-electron chi connectivity index (χ2n) is 5.62. The Morgan fingerprint density at radius 2 is 1.78 bits per heavy atom. The van der Waals surface area contributed by atoms with Crippen molar-refractivity contribution in [2.24, 2.45) is 5.18 Å². The van der Waals surface area contributed by atoms with E-state index in [2.05, 4.69) is 31.2 Å². The second kappa shape index (κ2) is 7.08. The smallest absolute Gasteiger partial charge is 0.111 e. The summed E-state index contributed by atoms with van der Waals surface area (Å²) < 4.78 is 0. The van der Waals surface area contributed by atoms with E-state index >= 15 is 0 Å². The minimum Gasteiger partial charge on any atom is -0.150 e. The molecule has 0 amide bonds. The molecule has 2 unspecified atom stereocenters. The lowest BCUT2D eigenvalue weighted by atomic mass is 9.91. The van der Waals surface area contributed by atoms with E-state index in [-0.39, 0.29) is 6.04 Å². The fourth-order valence-corrected chi connectivity index (χ4v) is 2.58. The number of alkyl halides is 1. The number of hydrogen-bond donors (Lipinski definition) is 0. The van der Waals surface area contributed by atoms with E-state index < -0.39 is 4.87 Å². The van der Waals surface area contributed by atoms with Gasteiger partial charge in [0, 0.05) is 0 Å². The number of halogens is 1. The average Bonchev–Trinajstić information content (AvgIpc) is 2.30. The first-order valence-corrected chi connectivity index (χ1v) is 7.16. The van der Waals surface area contributed by atoms with E-state index in [1.807, 2.05) is 6.92 Å². The van der Waals surface area contributed by atoms with E-state index in [1.165, 1.54) is 11.1 Å². The molecule has 0 saturated carbocycles. The second-order valence-corrected chi connectivity index (χ2v) is 6.48. The largest absolute Gasteiger partial charge is 0.150 e. The van der Waals surface area contributed by atoms with Crippen molar-refractivity contribution in [2.45, 2.75) is 70.2 Å². The molecule has 1 rings (SSSR count). The highest BCUT2D eigenvalue weighted by atomic mass is 35.5. The third kappa shape index (κ3) is 4.93. The van der Waals surface area contributed by atoms with Gasteiger partial charge < -0.3 is 0 Å². The Bertz CT molecular complexity index is 344. The molecule has 1 aliphatic rings. The molecular weight excluding hydrogens is 246 g/mol. The van der Waals surface area contributed by atoms with Gasteiger partial charge in [-0.2, -0.15) is 4.91 Å². The fourth-order valence-electron chi connectivity index (χ4n) is 2.32. The Hall–Kier alpha value is -0.630. The molecule has 102 valence electrons. The highest BCUT2D eigenvalue weighted by molar-refractivity contribution is 6.24. The highest BCUT2D eigenvalue weighted by Gasteiger charge is 2.32. The SMILES string of the molecule is C/C1=C/CCC(N=O)C(C)(Cl)CC/C=C(/C)CC1. The Balaban J connectivity index is 2.81. The molecule has 18 heavy (non-hydrogen) atoms. The molecule has 0 aromatic heterocycles. The quantitative estimate of drug-likeness (QED) is 0.358. The van der Waals surface area contributed by atoms with E-state index in [9.17, 15) is 4.91 Å². The molecule has 0 aliphatic heterocycles. The van der Waals surface area contributed by atoms with Crippen LogP contribution >= 0.6 is 11.6 Å². The topological polar surface area (TPSA) is 29.4 Å². The van der Waals surface area contributed by atoms with Crippen molar-refractivity contribution in [3.63, 3.8) is 0 Å². The van der Waals surface area contributed by atoms with Gasteiger partial charge in [0.1, 0.15) is 6.04 Å². The number of nitrogens with zero attached hydrogens (tertiary/aromatic N) is 1. The Kier molecular flexibility index (Phi) is 6.07.